The van der Waals surface area contributed by atoms with Gasteiger partial charge in [-0.3, -0.25) is 15.0 Å². The van der Waals surface area contributed by atoms with Crippen molar-refractivity contribution in [3.63, 3.8) is 0 Å². The first-order valence-corrected chi connectivity index (χ1v) is 17.2. The summed E-state index contributed by atoms with van der Waals surface area (Å²) >= 11 is 0. The molecule has 3 aromatic carbocycles. The minimum absolute atomic E-state index is 0.0334. The van der Waals surface area contributed by atoms with E-state index in [9.17, 15) is 19.6 Å². The van der Waals surface area contributed by atoms with Crippen LogP contribution in [-0.2, 0) is 0 Å². The van der Waals surface area contributed by atoms with Crippen LogP contribution in [0.15, 0.2) is 36.4 Å². The first-order chi connectivity index (χ1) is 23.5. The number of β-amino-alcohol motifs (C(OH)–C–C–N with tert-alkyl or cyclic N) is 1. The van der Waals surface area contributed by atoms with E-state index in [1.165, 1.54) is 24.3 Å². The van der Waals surface area contributed by atoms with Crippen LogP contribution < -0.4 is 9.64 Å². The molecule has 3 fully saturated rings. The SMILES string of the molecule is C#Cc1c(F)ccc2cccc(-c3c([N+](=O)[O-])cc4c(N5CCC[C@@](C)(O)C5)nc(OCC56CC(CC)CN5CC(CC)C6)nc4c3F)c12. The summed E-state index contributed by atoms with van der Waals surface area (Å²) in [5.74, 6) is 2.08. The average molecular weight is 670 g/mol. The molecule has 2 unspecified atom stereocenters. The molecule has 7 rings (SSSR count). The van der Waals surface area contributed by atoms with E-state index in [0.717, 1.165) is 38.8 Å². The van der Waals surface area contributed by atoms with Gasteiger partial charge in [-0.1, -0.05) is 56.9 Å². The largest absolute Gasteiger partial charge is 0.461 e. The predicted octanol–water partition coefficient (Wildman–Crippen LogP) is 7.25. The van der Waals surface area contributed by atoms with Gasteiger partial charge in [0.1, 0.15) is 23.8 Å². The Bertz CT molecular complexity index is 1990. The third-order valence-electron chi connectivity index (χ3n) is 11.0. The highest BCUT2D eigenvalue weighted by molar-refractivity contribution is 6.06. The van der Waals surface area contributed by atoms with Gasteiger partial charge in [0.15, 0.2) is 5.82 Å². The van der Waals surface area contributed by atoms with Crippen LogP contribution in [0.1, 0.15) is 64.9 Å². The van der Waals surface area contributed by atoms with Gasteiger partial charge < -0.3 is 14.7 Å². The van der Waals surface area contributed by atoms with Crippen LogP contribution in [0.25, 0.3) is 32.8 Å². The summed E-state index contributed by atoms with van der Waals surface area (Å²) in [7, 11) is 0. The Labute approximate surface area is 284 Å². The van der Waals surface area contributed by atoms with E-state index in [2.05, 4.69) is 29.7 Å². The molecule has 9 nitrogen and oxygen atoms in total. The lowest BCUT2D eigenvalue weighted by atomic mass is 9.86. The summed E-state index contributed by atoms with van der Waals surface area (Å²) in [6.45, 7) is 9.19. The molecular formula is C38H41F2N5O4. The Balaban J connectivity index is 1.42. The number of piperidine rings is 1. The summed E-state index contributed by atoms with van der Waals surface area (Å²) in [5.41, 5.74) is -2.29. The first-order valence-electron chi connectivity index (χ1n) is 17.2. The van der Waals surface area contributed by atoms with E-state index in [4.69, 9.17) is 16.1 Å². The van der Waals surface area contributed by atoms with E-state index in [0.29, 0.717) is 43.2 Å². The second-order valence-electron chi connectivity index (χ2n) is 14.4. The first kappa shape index (κ1) is 33.1. The second-order valence-corrected chi connectivity index (χ2v) is 14.4. The fourth-order valence-electron chi connectivity index (χ4n) is 8.57. The Hall–Kier alpha value is -4.40. The highest BCUT2D eigenvalue weighted by Crippen LogP contribution is 2.47. The van der Waals surface area contributed by atoms with Gasteiger partial charge in [0, 0.05) is 43.2 Å². The van der Waals surface area contributed by atoms with Crippen molar-refractivity contribution >= 4 is 33.2 Å². The van der Waals surface area contributed by atoms with Crippen LogP contribution >= 0.6 is 0 Å². The lowest BCUT2D eigenvalue weighted by molar-refractivity contribution is -0.384. The molecule has 3 saturated heterocycles. The van der Waals surface area contributed by atoms with E-state index in [1.54, 1.807) is 19.1 Å². The van der Waals surface area contributed by atoms with Crippen LogP contribution in [-0.4, -0.2) is 68.8 Å². The molecule has 256 valence electrons. The number of hydrogen-bond acceptors (Lipinski definition) is 8. The molecule has 3 aliphatic heterocycles. The number of nitro groups is 1. The molecule has 4 heterocycles. The molecule has 0 spiro atoms. The minimum atomic E-state index is -1.04. The quantitative estimate of drug-likeness (QED) is 0.119. The smallest absolute Gasteiger partial charge is 0.319 e. The fourth-order valence-corrected chi connectivity index (χ4v) is 8.57. The Kier molecular flexibility index (Phi) is 8.44. The number of ether oxygens (including phenoxy) is 1. The number of rotatable bonds is 8. The fraction of sp³-hybridized carbons (Fsp3) is 0.474. The van der Waals surface area contributed by atoms with Gasteiger partial charge in [-0.15, -0.1) is 6.42 Å². The Morgan fingerprint density at radius 2 is 1.88 bits per heavy atom. The number of benzene rings is 3. The monoisotopic (exact) mass is 669 g/mol. The minimum Gasteiger partial charge on any atom is -0.461 e. The van der Waals surface area contributed by atoms with Crippen molar-refractivity contribution in [1.29, 1.82) is 0 Å². The molecule has 4 aromatic rings. The number of hydrogen-bond donors (Lipinski definition) is 1. The van der Waals surface area contributed by atoms with Crippen molar-refractivity contribution in [2.75, 3.05) is 37.7 Å². The molecule has 0 saturated carbocycles. The van der Waals surface area contributed by atoms with Crippen LogP contribution in [0, 0.1) is 45.9 Å². The number of nitrogens with zero attached hydrogens (tertiary/aromatic N) is 5. The summed E-state index contributed by atoms with van der Waals surface area (Å²) < 4.78 is 38.6. The number of fused-ring (bicyclic) bond motifs is 3. The van der Waals surface area contributed by atoms with Gasteiger partial charge in [-0.25, -0.2) is 8.78 Å². The van der Waals surface area contributed by atoms with Gasteiger partial charge in [0.2, 0.25) is 0 Å². The molecule has 0 aliphatic carbocycles. The second kappa shape index (κ2) is 12.5. The number of nitro benzene ring substituents is 1. The number of anilines is 1. The molecule has 3 atom stereocenters. The van der Waals surface area contributed by atoms with Gasteiger partial charge >= 0.3 is 6.01 Å². The predicted molar refractivity (Wildman–Crippen MR) is 186 cm³/mol. The highest BCUT2D eigenvalue weighted by atomic mass is 19.1. The molecular weight excluding hydrogens is 628 g/mol. The lowest BCUT2D eigenvalue weighted by Crippen LogP contribution is -2.46. The standard InChI is InChI=1S/C38H41F2N5O4/c1-5-23-17-38(18-24(6-2)20-44(38)19-23)22-49-36-41-34-28(35(42-36)43-15-9-14-37(4,46)21-43)16-30(45(47)48)32(33(34)40)27-11-8-10-25-12-13-29(39)26(7-3)31(25)27/h3,8,10-13,16,23-24,46H,5-6,9,14-15,17-22H2,1-2,4H3/t23?,24?,37-,38?/m1/s1. The average Bonchev–Trinajstić information content (AvgIpc) is 3.60. The number of terminal acetylenes is 1. The zero-order valence-electron chi connectivity index (χ0n) is 28.1. The summed E-state index contributed by atoms with van der Waals surface area (Å²) in [6, 6.07) is 8.80. The Morgan fingerprint density at radius 3 is 2.53 bits per heavy atom. The van der Waals surface area contributed by atoms with E-state index in [-0.39, 0.29) is 56.9 Å². The lowest BCUT2D eigenvalue weighted by Gasteiger charge is -2.38. The zero-order valence-corrected chi connectivity index (χ0v) is 28.1. The normalized spacial score (nSPS) is 25.5. The van der Waals surface area contributed by atoms with Crippen LogP contribution in [0.4, 0.5) is 20.3 Å². The van der Waals surface area contributed by atoms with Gasteiger partial charge in [0.05, 0.1) is 32.6 Å². The topological polar surface area (TPSA) is 105 Å². The maximum absolute atomic E-state index is 17.2. The van der Waals surface area contributed by atoms with Crippen molar-refractivity contribution in [1.82, 2.24) is 14.9 Å². The molecule has 0 radical (unpaired) electrons. The number of aromatic nitrogens is 2. The molecule has 1 aromatic heterocycles. The third kappa shape index (κ3) is 5.75. The number of halogens is 2. The molecule has 0 amide bonds. The van der Waals surface area contributed by atoms with E-state index in [1.807, 2.05) is 4.90 Å². The summed E-state index contributed by atoms with van der Waals surface area (Å²) in [6.07, 6.45) is 11.1. The van der Waals surface area contributed by atoms with Crippen LogP contribution in [0.2, 0.25) is 0 Å². The van der Waals surface area contributed by atoms with Gasteiger partial charge in [-0.2, -0.15) is 9.97 Å². The molecule has 11 heteroatoms. The maximum atomic E-state index is 17.2. The zero-order chi connectivity index (χ0) is 34.7. The molecule has 3 aliphatic rings. The van der Waals surface area contributed by atoms with Crippen molar-refractivity contribution in [3.05, 3.63) is 63.7 Å². The molecule has 1 N–H and O–H groups in total. The van der Waals surface area contributed by atoms with Gasteiger partial charge in [-0.05, 0) is 55.9 Å². The van der Waals surface area contributed by atoms with Gasteiger partial charge in [0.25, 0.3) is 5.69 Å². The van der Waals surface area contributed by atoms with Crippen molar-refractivity contribution < 1.29 is 23.5 Å². The van der Waals surface area contributed by atoms with Crippen molar-refractivity contribution in [2.24, 2.45) is 11.8 Å². The third-order valence-corrected chi connectivity index (χ3v) is 11.0. The highest BCUT2D eigenvalue weighted by Gasteiger charge is 2.51. The maximum Gasteiger partial charge on any atom is 0.319 e. The van der Waals surface area contributed by atoms with Crippen molar-refractivity contribution in [3.8, 4) is 29.5 Å². The van der Waals surface area contributed by atoms with E-state index < -0.39 is 27.8 Å². The Morgan fingerprint density at radius 1 is 1.14 bits per heavy atom. The number of aliphatic hydroxyl groups is 1. The summed E-state index contributed by atoms with van der Waals surface area (Å²) in [4.78, 5) is 25.7. The summed E-state index contributed by atoms with van der Waals surface area (Å²) in [5, 5.41) is 24.5. The molecule has 0 bridgehead atoms. The van der Waals surface area contributed by atoms with Crippen LogP contribution in [0.5, 0.6) is 6.01 Å². The van der Waals surface area contributed by atoms with E-state index >= 15 is 4.39 Å². The van der Waals surface area contributed by atoms with Crippen LogP contribution in [0.3, 0.4) is 0 Å². The molecule has 49 heavy (non-hydrogen) atoms. The van der Waals surface area contributed by atoms with Crippen molar-refractivity contribution in [2.45, 2.75) is 70.4 Å².